The molecule has 0 aliphatic heterocycles. The number of aromatic nitrogens is 4. The third-order valence-corrected chi connectivity index (χ3v) is 2.32. The summed E-state index contributed by atoms with van der Waals surface area (Å²) < 4.78 is 5.61. The number of aromatic amines is 1. The van der Waals surface area contributed by atoms with Crippen LogP contribution in [0.2, 0.25) is 0 Å². The van der Waals surface area contributed by atoms with Crippen LogP contribution in [0.3, 0.4) is 0 Å². The molecule has 0 aliphatic carbocycles. The van der Waals surface area contributed by atoms with E-state index >= 15 is 0 Å². The molecule has 1 amide bonds. The van der Waals surface area contributed by atoms with Crippen LogP contribution in [0.5, 0.6) is 0 Å². The van der Waals surface area contributed by atoms with Crippen molar-refractivity contribution in [2.45, 2.75) is 13.0 Å². The molecule has 2 N–H and O–H groups in total. The van der Waals surface area contributed by atoms with Gasteiger partial charge in [0.05, 0.1) is 6.04 Å². The lowest BCUT2D eigenvalue weighted by atomic mass is 10.3. The molecule has 84 valence electrons. The van der Waals surface area contributed by atoms with E-state index in [1.807, 2.05) is 0 Å². The molecule has 0 bridgehead atoms. The fourth-order valence-electron chi connectivity index (χ4n) is 1.12. The normalized spacial score (nSPS) is 12.4. The smallest absolute Gasteiger partial charge is 0.287 e. The Balaban J connectivity index is 2.03. The molecule has 8 heteroatoms. The molecule has 1 unspecified atom stereocenters. The van der Waals surface area contributed by atoms with Crippen molar-refractivity contribution in [2.24, 2.45) is 0 Å². The highest BCUT2D eigenvalue weighted by Crippen LogP contribution is 2.14. The first-order valence-corrected chi connectivity index (χ1v) is 5.25. The summed E-state index contributed by atoms with van der Waals surface area (Å²) in [4.78, 5) is 11.7. The summed E-state index contributed by atoms with van der Waals surface area (Å²) >= 11 is 3.12. The van der Waals surface area contributed by atoms with Gasteiger partial charge in [0, 0.05) is 0 Å². The van der Waals surface area contributed by atoms with Gasteiger partial charge < -0.3 is 9.73 Å². The van der Waals surface area contributed by atoms with E-state index in [1.54, 1.807) is 19.1 Å². The lowest BCUT2D eigenvalue weighted by Gasteiger charge is -2.07. The summed E-state index contributed by atoms with van der Waals surface area (Å²) in [5.41, 5.74) is 0. The van der Waals surface area contributed by atoms with Gasteiger partial charge in [0.2, 0.25) is 0 Å². The topological polar surface area (TPSA) is 96.7 Å². The molecular formula is C8H8BrN5O2. The third-order valence-electron chi connectivity index (χ3n) is 1.89. The number of amides is 1. The minimum absolute atomic E-state index is 0.224. The zero-order chi connectivity index (χ0) is 11.5. The maximum atomic E-state index is 11.7. The summed E-state index contributed by atoms with van der Waals surface area (Å²) in [5, 5.41) is 15.9. The van der Waals surface area contributed by atoms with Crippen LogP contribution < -0.4 is 5.32 Å². The van der Waals surface area contributed by atoms with E-state index < -0.39 is 0 Å². The van der Waals surface area contributed by atoms with Gasteiger partial charge in [-0.15, -0.1) is 10.2 Å². The van der Waals surface area contributed by atoms with Gasteiger partial charge in [-0.25, -0.2) is 0 Å². The molecule has 1 atom stereocenters. The Kier molecular flexibility index (Phi) is 3.00. The van der Waals surface area contributed by atoms with Crippen molar-refractivity contribution in [2.75, 3.05) is 0 Å². The van der Waals surface area contributed by atoms with Crippen LogP contribution in [0, 0.1) is 0 Å². The molecule has 2 aromatic rings. The molecule has 0 radical (unpaired) electrons. The van der Waals surface area contributed by atoms with Crippen LogP contribution >= 0.6 is 15.9 Å². The zero-order valence-electron chi connectivity index (χ0n) is 8.27. The van der Waals surface area contributed by atoms with Gasteiger partial charge in [0.1, 0.15) is 0 Å². The second-order valence-electron chi connectivity index (χ2n) is 3.07. The van der Waals surface area contributed by atoms with Gasteiger partial charge in [-0.2, -0.15) is 5.21 Å². The molecule has 0 saturated carbocycles. The second-order valence-corrected chi connectivity index (χ2v) is 3.85. The molecular weight excluding hydrogens is 278 g/mol. The largest absolute Gasteiger partial charge is 0.444 e. The minimum atomic E-state index is -0.338. The number of halogens is 1. The van der Waals surface area contributed by atoms with Crippen LogP contribution in [0.25, 0.3) is 0 Å². The van der Waals surface area contributed by atoms with Crippen LogP contribution in [0.4, 0.5) is 0 Å². The van der Waals surface area contributed by atoms with Crippen LogP contribution in [0.15, 0.2) is 21.2 Å². The summed E-state index contributed by atoms with van der Waals surface area (Å²) in [6.45, 7) is 1.75. The molecule has 2 heterocycles. The highest BCUT2D eigenvalue weighted by atomic mass is 79.9. The Morgan fingerprint density at radius 2 is 2.44 bits per heavy atom. The predicted octanol–water partition coefficient (Wildman–Crippen LogP) is 1.05. The van der Waals surface area contributed by atoms with Crippen LogP contribution in [0.1, 0.15) is 29.3 Å². The summed E-state index contributed by atoms with van der Waals surface area (Å²) in [7, 11) is 0. The highest BCUT2D eigenvalue weighted by molar-refractivity contribution is 9.10. The van der Waals surface area contributed by atoms with E-state index in [1.165, 1.54) is 0 Å². The number of nitrogens with zero attached hydrogens (tertiary/aromatic N) is 3. The number of H-pyrrole nitrogens is 1. The third kappa shape index (κ3) is 2.27. The van der Waals surface area contributed by atoms with E-state index in [4.69, 9.17) is 4.42 Å². The van der Waals surface area contributed by atoms with Gasteiger partial charge in [-0.3, -0.25) is 4.79 Å². The highest BCUT2D eigenvalue weighted by Gasteiger charge is 2.16. The van der Waals surface area contributed by atoms with Crippen molar-refractivity contribution in [3.63, 3.8) is 0 Å². The van der Waals surface area contributed by atoms with Crippen molar-refractivity contribution in [3.8, 4) is 0 Å². The number of furan rings is 1. The number of tetrazole rings is 1. The van der Waals surface area contributed by atoms with Crippen molar-refractivity contribution in [1.82, 2.24) is 25.9 Å². The van der Waals surface area contributed by atoms with Gasteiger partial charge >= 0.3 is 0 Å². The first kappa shape index (κ1) is 10.8. The van der Waals surface area contributed by atoms with Gasteiger partial charge in [0.15, 0.2) is 16.3 Å². The molecule has 2 aromatic heterocycles. The monoisotopic (exact) mass is 285 g/mol. The Labute approximate surface area is 98.7 Å². The quantitative estimate of drug-likeness (QED) is 0.878. The van der Waals surface area contributed by atoms with E-state index in [2.05, 4.69) is 41.9 Å². The number of hydrogen-bond acceptors (Lipinski definition) is 5. The van der Waals surface area contributed by atoms with E-state index in [-0.39, 0.29) is 17.7 Å². The lowest BCUT2D eigenvalue weighted by molar-refractivity contribution is 0.0909. The maximum absolute atomic E-state index is 11.7. The number of hydrogen-bond donors (Lipinski definition) is 2. The molecule has 0 fully saturated rings. The molecule has 16 heavy (non-hydrogen) atoms. The predicted molar refractivity (Wildman–Crippen MR) is 56.5 cm³/mol. The molecule has 0 aromatic carbocycles. The van der Waals surface area contributed by atoms with Crippen LogP contribution in [-0.4, -0.2) is 26.5 Å². The number of carbonyl (C=O) groups is 1. The second kappa shape index (κ2) is 4.44. The molecule has 0 saturated heterocycles. The molecule has 0 aliphatic rings. The average Bonchev–Trinajstić information content (AvgIpc) is 2.87. The summed E-state index contributed by atoms with van der Waals surface area (Å²) in [5.74, 6) is 0.309. The number of carbonyl (C=O) groups excluding carboxylic acids is 1. The molecule has 2 rings (SSSR count). The van der Waals surface area contributed by atoms with Gasteiger partial charge in [-0.1, -0.05) is 5.21 Å². The van der Waals surface area contributed by atoms with Crippen molar-refractivity contribution >= 4 is 21.8 Å². The average molecular weight is 286 g/mol. The maximum Gasteiger partial charge on any atom is 0.287 e. The zero-order valence-corrected chi connectivity index (χ0v) is 9.85. The standard InChI is InChI=1S/C8H8BrN5O2/c1-4(7-11-13-14-12-7)10-8(15)5-2-3-6(9)16-5/h2-4H,1H3,(H,10,15)(H,11,12,13,14). The van der Waals surface area contributed by atoms with Crippen molar-refractivity contribution in [1.29, 1.82) is 0 Å². The SMILES string of the molecule is CC(NC(=O)c1ccc(Br)o1)c1nn[nH]n1. The Bertz CT molecular complexity index is 480. The first-order chi connectivity index (χ1) is 7.66. The van der Waals surface area contributed by atoms with E-state index in [0.717, 1.165) is 0 Å². The fraction of sp³-hybridized carbons (Fsp3) is 0.250. The van der Waals surface area contributed by atoms with Gasteiger partial charge in [0.25, 0.3) is 5.91 Å². The van der Waals surface area contributed by atoms with Crippen LogP contribution in [-0.2, 0) is 0 Å². The Hall–Kier alpha value is -1.70. The lowest BCUT2D eigenvalue weighted by Crippen LogP contribution is -2.27. The van der Waals surface area contributed by atoms with E-state index in [9.17, 15) is 4.79 Å². The molecule has 7 nitrogen and oxygen atoms in total. The van der Waals surface area contributed by atoms with Gasteiger partial charge in [-0.05, 0) is 35.0 Å². The summed E-state index contributed by atoms with van der Waals surface area (Å²) in [6, 6.07) is 2.88. The number of nitrogens with one attached hydrogen (secondary N) is 2. The first-order valence-electron chi connectivity index (χ1n) is 4.46. The van der Waals surface area contributed by atoms with E-state index in [0.29, 0.717) is 10.5 Å². The fourth-order valence-corrected chi connectivity index (χ4v) is 1.43. The minimum Gasteiger partial charge on any atom is -0.444 e. The molecule has 0 spiro atoms. The summed E-state index contributed by atoms with van der Waals surface area (Å²) in [6.07, 6.45) is 0. The van der Waals surface area contributed by atoms with Crippen molar-refractivity contribution in [3.05, 3.63) is 28.4 Å². The Morgan fingerprint density at radius 1 is 1.62 bits per heavy atom. The van der Waals surface area contributed by atoms with Crippen molar-refractivity contribution < 1.29 is 9.21 Å². The number of rotatable bonds is 3. The Morgan fingerprint density at radius 3 is 3.00 bits per heavy atom.